The lowest BCUT2D eigenvalue weighted by Crippen LogP contribution is -2.26. The third-order valence-electron chi connectivity index (χ3n) is 3.07. The Kier molecular flexibility index (Phi) is 3.50. The molecule has 0 spiro atoms. The molecule has 1 aliphatic rings. The van der Waals surface area contributed by atoms with Crippen LogP contribution in [-0.2, 0) is 9.59 Å². The summed E-state index contributed by atoms with van der Waals surface area (Å²) in [4.78, 5) is 22.5. The lowest BCUT2D eigenvalue weighted by Gasteiger charge is -2.13. The topological polar surface area (TPSA) is 75.6 Å². The number of ether oxygens (including phenoxy) is 1. The van der Waals surface area contributed by atoms with Crippen molar-refractivity contribution in [1.29, 1.82) is 0 Å². The predicted octanol–water partition coefficient (Wildman–Crippen LogP) is 0.999. The number of amides is 1. The Morgan fingerprint density at radius 1 is 1.44 bits per heavy atom. The van der Waals surface area contributed by atoms with Crippen LogP contribution in [0.1, 0.15) is 18.4 Å². The number of carboxylic acid groups (broad SMARTS) is 1. The smallest absolute Gasteiger partial charge is 0.316 e. The Balaban J connectivity index is 2.20. The van der Waals surface area contributed by atoms with Gasteiger partial charge in [-0.2, -0.15) is 0 Å². The fraction of sp³-hybridized carbons (Fsp3) is 0.385. The Bertz CT molecular complexity index is 455. The second kappa shape index (κ2) is 5.08. The number of benzene rings is 1. The maximum atomic E-state index is 11.5. The van der Waals surface area contributed by atoms with Crippen molar-refractivity contribution in [3.05, 3.63) is 29.8 Å². The SMILES string of the molecule is CCOc1ccc([C@@H]2CNC(=O)[C@@H]2C(=O)O)cc1. The summed E-state index contributed by atoms with van der Waals surface area (Å²) in [6.45, 7) is 2.85. The number of hydrogen-bond acceptors (Lipinski definition) is 3. The molecule has 1 aromatic rings. The molecule has 18 heavy (non-hydrogen) atoms. The molecule has 0 aliphatic carbocycles. The van der Waals surface area contributed by atoms with E-state index >= 15 is 0 Å². The van der Waals surface area contributed by atoms with E-state index in [0.717, 1.165) is 11.3 Å². The third-order valence-corrected chi connectivity index (χ3v) is 3.07. The van der Waals surface area contributed by atoms with Gasteiger partial charge in [-0.3, -0.25) is 9.59 Å². The molecule has 5 heteroatoms. The van der Waals surface area contributed by atoms with E-state index in [1.54, 1.807) is 12.1 Å². The van der Waals surface area contributed by atoms with E-state index in [1.165, 1.54) is 0 Å². The van der Waals surface area contributed by atoms with E-state index in [0.29, 0.717) is 13.2 Å². The van der Waals surface area contributed by atoms with Crippen molar-refractivity contribution in [2.75, 3.05) is 13.2 Å². The van der Waals surface area contributed by atoms with Gasteiger partial charge in [0, 0.05) is 12.5 Å². The summed E-state index contributed by atoms with van der Waals surface area (Å²) in [6, 6.07) is 7.21. The molecule has 0 saturated carbocycles. The zero-order valence-corrected chi connectivity index (χ0v) is 10.1. The van der Waals surface area contributed by atoms with Crippen LogP contribution in [0.25, 0.3) is 0 Å². The molecular formula is C13H15NO4. The van der Waals surface area contributed by atoms with E-state index in [1.807, 2.05) is 19.1 Å². The number of rotatable bonds is 4. The van der Waals surface area contributed by atoms with Crippen molar-refractivity contribution in [1.82, 2.24) is 5.32 Å². The van der Waals surface area contributed by atoms with Crippen LogP contribution in [-0.4, -0.2) is 30.1 Å². The molecule has 0 aromatic heterocycles. The molecule has 0 unspecified atom stereocenters. The summed E-state index contributed by atoms with van der Waals surface area (Å²) in [6.07, 6.45) is 0. The lowest BCUT2D eigenvalue weighted by atomic mass is 9.88. The minimum absolute atomic E-state index is 0.314. The van der Waals surface area contributed by atoms with Gasteiger partial charge in [-0.15, -0.1) is 0 Å². The highest BCUT2D eigenvalue weighted by atomic mass is 16.5. The molecule has 1 aliphatic heterocycles. The molecule has 96 valence electrons. The highest BCUT2D eigenvalue weighted by Crippen LogP contribution is 2.30. The second-order valence-corrected chi connectivity index (χ2v) is 4.17. The monoisotopic (exact) mass is 249 g/mol. The fourth-order valence-electron chi connectivity index (χ4n) is 2.19. The van der Waals surface area contributed by atoms with Gasteiger partial charge in [0.25, 0.3) is 0 Å². The van der Waals surface area contributed by atoms with E-state index < -0.39 is 17.8 Å². The van der Waals surface area contributed by atoms with Gasteiger partial charge in [0.05, 0.1) is 6.61 Å². The van der Waals surface area contributed by atoms with Gasteiger partial charge in [-0.25, -0.2) is 0 Å². The first-order chi connectivity index (χ1) is 8.63. The Morgan fingerprint density at radius 3 is 2.67 bits per heavy atom. The highest BCUT2D eigenvalue weighted by molar-refractivity contribution is 5.99. The van der Waals surface area contributed by atoms with E-state index in [2.05, 4.69) is 5.32 Å². The normalized spacial score (nSPS) is 22.6. The van der Waals surface area contributed by atoms with Crippen molar-refractivity contribution < 1.29 is 19.4 Å². The molecule has 2 rings (SSSR count). The van der Waals surface area contributed by atoms with Gasteiger partial charge in [0.1, 0.15) is 11.7 Å². The summed E-state index contributed by atoms with van der Waals surface area (Å²) in [7, 11) is 0. The van der Waals surface area contributed by atoms with Crippen LogP contribution in [0.15, 0.2) is 24.3 Å². The Morgan fingerprint density at radius 2 is 2.11 bits per heavy atom. The summed E-state index contributed by atoms with van der Waals surface area (Å²) in [5.41, 5.74) is 0.837. The molecule has 1 amide bonds. The van der Waals surface area contributed by atoms with Crippen LogP contribution in [0.3, 0.4) is 0 Å². The van der Waals surface area contributed by atoms with Crippen molar-refractivity contribution in [2.24, 2.45) is 5.92 Å². The largest absolute Gasteiger partial charge is 0.494 e. The van der Waals surface area contributed by atoms with Crippen molar-refractivity contribution in [2.45, 2.75) is 12.8 Å². The Hall–Kier alpha value is -2.04. The molecule has 1 saturated heterocycles. The summed E-state index contributed by atoms with van der Waals surface area (Å²) in [5.74, 6) is -2.07. The minimum Gasteiger partial charge on any atom is -0.494 e. The number of nitrogens with one attached hydrogen (secondary N) is 1. The van der Waals surface area contributed by atoms with Crippen LogP contribution in [0.5, 0.6) is 5.75 Å². The maximum Gasteiger partial charge on any atom is 0.316 e. The zero-order valence-electron chi connectivity index (χ0n) is 10.1. The molecule has 1 aromatic carbocycles. The van der Waals surface area contributed by atoms with E-state index in [9.17, 15) is 9.59 Å². The van der Waals surface area contributed by atoms with Crippen LogP contribution < -0.4 is 10.1 Å². The van der Waals surface area contributed by atoms with Gasteiger partial charge >= 0.3 is 5.97 Å². The zero-order chi connectivity index (χ0) is 13.1. The standard InChI is InChI=1S/C13H15NO4/c1-2-18-9-5-3-8(4-6-9)10-7-14-12(15)11(10)13(16)17/h3-6,10-11H,2,7H2,1H3,(H,14,15)(H,16,17)/t10-,11+/m0/s1. The van der Waals surface area contributed by atoms with Gasteiger partial charge in [0.2, 0.25) is 5.91 Å². The number of carboxylic acids is 1. The molecule has 0 bridgehead atoms. The van der Waals surface area contributed by atoms with E-state index in [4.69, 9.17) is 9.84 Å². The first kappa shape index (κ1) is 12.4. The fourth-order valence-corrected chi connectivity index (χ4v) is 2.19. The Labute approximate surface area is 105 Å². The average molecular weight is 249 g/mol. The summed E-state index contributed by atoms with van der Waals surface area (Å²) < 4.78 is 5.32. The van der Waals surface area contributed by atoms with Crippen LogP contribution in [0.2, 0.25) is 0 Å². The molecule has 1 heterocycles. The number of aliphatic carboxylic acids is 1. The van der Waals surface area contributed by atoms with Gasteiger partial charge < -0.3 is 15.2 Å². The van der Waals surface area contributed by atoms with Gasteiger partial charge in [-0.1, -0.05) is 12.1 Å². The number of hydrogen-bond donors (Lipinski definition) is 2. The first-order valence-corrected chi connectivity index (χ1v) is 5.86. The molecule has 2 atom stereocenters. The molecule has 0 radical (unpaired) electrons. The van der Waals surface area contributed by atoms with Crippen LogP contribution in [0, 0.1) is 5.92 Å². The van der Waals surface area contributed by atoms with Crippen LogP contribution >= 0.6 is 0 Å². The van der Waals surface area contributed by atoms with Gasteiger partial charge in [-0.05, 0) is 24.6 Å². The second-order valence-electron chi connectivity index (χ2n) is 4.17. The lowest BCUT2D eigenvalue weighted by molar-refractivity contribution is -0.145. The molecule has 1 fully saturated rings. The number of carbonyl (C=O) groups is 2. The van der Waals surface area contributed by atoms with Crippen LogP contribution in [0.4, 0.5) is 0 Å². The molecular weight excluding hydrogens is 234 g/mol. The maximum absolute atomic E-state index is 11.5. The summed E-state index contributed by atoms with van der Waals surface area (Å²) in [5, 5.41) is 11.7. The molecule has 2 N–H and O–H groups in total. The minimum atomic E-state index is -1.08. The quantitative estimate of drug-likeness (QED) is 0.780. The average Bonchev–Trinajstić information content (AvgIpc) is 2.73. The van der Waals surface area contributed by atoms with Crippen molar-refractivity contribution in [3.63, 3.8) is 0 Å². The number of carbonyl (C=O) groups excluding carboxylic acids is 1. The van der Waals surface area contributed by atoms with E-state index in [-0.39, 0.29) is 5.92 Å². The van der Waals surface area contributed by atoms with Gasteiger partial charge in [0.15, 0.2) is 0 Å². The highest BCUT2D eigenvalue weighted by Gasteiger charge is 2.40. The van der Waals surface area contributed by atoms with Crippen molar-refractivity contribution >= 4 is 11.9 Å². The van der Waals surface area contributed by atoms with Crippen molar-refractivity contribution in [3.8, 4) is 5.75 Å². The summed E-state index contributed by atoms with van der Waals surface area (Å²) >= 11 is 0. The third kappa shape index (κ3) is 2.30. The predicted molar refractivity (Wildman–Crippen MR) is 64.5 cm³/mol. The molecule has 5 nitrogen and oxygen atoms in total. The first-order valence-electron chi connectivity index (χ1n) is 5.86.